The van der Waals surface area contributed by atoms with Crippen molar-refractivity contribution in [1.82, 2.24) is 4.57 Å². The second kappa shape index (κ2) is 9.76. The molecule has 0 spiro atoms. The highest BCUT2D eigenvalue weighted by molar-refractivity contribution is 5.19. The summed E-state index contributed by atoms with van der Waals surface area (Å²) in [5.41, 5.74) is 2.43. The second-order valence-electron chi connectivity index (χ2n) is 7.02. The topological polar surface area (TPSA) is 62.8 Å². The Morgan fingerprint density at radius 2 is 2.15 bits per heavy atom. The molecular formula is C21H29NO5. The largest absolute Gasteiger partial charge is 0.487 e. The third-order valence-corrected chi connectivity index (χ3v) is 4.96. The molecule has 2 aromatic heterocycles. The predicted octanol–water partition coefficient (Wildman–Crippen LogP) is 3.96. The Kier molecular flexibility index (Phi) is 7.12. The van der Waals surface area contributed by atoms with Crippen molar-refractivity contribution in [2.75, 3.05) is 13.2 Å². The van der Waals surface area contributed by atoms with Gasteiger partial charge in [-0.1, -0.05) is 0 Å². The van der Waals surface area contributed by atoms with Gasteiger partial charge >= 0.3 is 0 Å². The van der Waals surface area contributed by atoms with Gasteiger partial charge in [-0.25, -0.2) is 0 Å². The number of nitrogens with zero attached hydrogens (tertiary/aromatic N) is 1. The van der Waals surface area contributed by atoms with Crippen molar-refractivity contribution in [3.8, 4) is 5.75 Å². The molecule has 3 rings (SSSR count). The number of aromatic nitrogens is 1. The molecule has 148 valence electrons. The molecule has 1 fully saturated rings. The van der Waals surface area contributed by atoms with E-state index in [2.05, 4.69) is 30.7 Å². The standard InChI is InChI=1S/C21H29NO5/c1-16-8-10-22(17(16)2)9-4-6-11-24-20-15-26-18(13-19(20)23)14-27-21-7-3-5-12-25-21/h8,10,13,15,21H,3-7,9,11-12,14H2,1-2H3. The van der Waals surface area contributed by atoms with Crippen molar-refractivity contribution in [3.05, 3.63) is 51.8 Å². The van der Waals surface area contributed by atoms with Crippen LogP contribution in [0.3, 0.4) is 0 Å². The summed E-state index contributed by atoms with van der Waals surface area (Å²) in [5.74, 6) is 0.737. The van der Waals surface area contributed by atoms with E-state index in [0.29, 0.717) is 12.4 Å². The first-order chi connectivity index (χ1) is 13.1. The van der Waals surface area contributed by atoms with E-state index in [4.69, 9.17) is 18.6 Å². The fraction of sp³-hybridized carbons (Fsp3) is 0.571. The summed E-state index contributed by atoms with van der Waals surface area (Å²) in [6.45, 7) is 6.65. The van der Waals surface area contributed by atoms with Gasteiger partial charge in [0.25, 0.3) is 0 Å². The highest BCUT2D eigenvalue weighted by Crippen LogP contribution is 2.16. The molecule has 1 aliphatic heterocycles. The first kappa shape index (κ1) is 19.7. The second-order valence-corrected chi connectivity index (χ2v) is 7.02. The molecule has 0 radical (unpaired) electrons. The van der Waals surface area contributed by atoms with Crippen LogP contribution in [0.4, 0.5) is 0 Å². The van der Waals surface area contributed by atoms with E-state index in [1.54, 1.807) is 0 Å². The minimum atomic E-state index is -0.201. The van der Waals surface area contributed by atoms with Crippen LogP contribution in [-0.4, -0.2) is 24.1 Å². The molecular weight excluding hydrogens is 346 g/mol. The molecule has 0 aliphatic carbocycles. The minimum Gasteiger partial charge on any atom is -0.487 e. The monoisotopic (exact) mass is 375 g/mol. The maximum Gasteiger partial charge on any atom is 0.227 e. The van der Waals surface area contributed by atoms with Crippen LogP contribution in [0.2, 0.25) is 0 Å². The summed E-state index contributed by atoms with van der Waals surface area (Å²) < 4.78 is 24.4. The van der Waals surface area contributed by atoms with Crippen molar-refractivity contribution >= 4 is 0 Å². The Hall–Kier alpha value is -2.05. The molecule has 1 atom stereocenters. The molecule has 0 amide bonds. The van der Waals surface area contributed by atoms with Gasteiger partial charge in [-0.05, 0) is 57.6 Å². The Morgan fingerprint density at radius 1 is 1.26 bits per heavy atom. The van der Waals surface area contributed by atoms with Crippen molar-refractivity contribution in [1.29, 1.82) is 0 Å². The fourth-order valence-corrected chi connectivity index (χ4v) is 3.11. The lowest BCUT2D eigenvalue weighted by Crippen LogP contribution is -2.22. The van der Waals surface area contributed by atoms with E-state index in [1.165, 1.54) is 23.6 Å². The van der Waals surface area contributed by atoms with Crippen LogP contribution < -0.4 is 10.2 Å². The average Bonchev–Trinajstić information content (AvgIpc) is 3.00. The van der Waals surface area contributed by atoms with Crippen LogP contribution in [0.15, 0.2) is 33.8 Å². The van der Waals surface area contributed by atoms with Crippen molar-refractivity contribution in [3.63, 3.8) is 0 Å². The molecule has 3 heterocycles. The quantitative estimate of drug-likeness (QED) is 0.621. The summed E-state index contributed by atoms with van der Waals surface area (Å²) in [4.78, 5) is 12.1. The average molecular weight is 375 g/mol. The van der Waals surface area contributed by atoms with Gasteiger partial charge in [-0.2, -0.15) is 0 Å². The smallest absolute Gasteiger partial charge is 0.227 e. The van der Waals surface area contributed by atoms with E-state index >= 15 is 0 Å². The third-order valence-electron chi connectivity index (χ3n) is 4.96. The molecule has 0 aromatic carbocycles. The molecule has 2 aromatic rings. The number of hydrogen-bond acceptors (Lipinski definition) is 5. The van der Waals surface area contributed by atoms with Crippen LogP contribution in [0.25, 0.3) is 0 Å². The summed E-state index contributed by atoms with van der Waals surface area (Å²) in [5, 5.41) is 0. The van der Waals surface area contributed by atoms with Crippen LogP contribution >= 0.6 is 0 Å². The Morgan fingerprint density at radius 3 is 2.85 bits per heavy atom. The summed E-state index contributed by atoms with van der Waals surface area (Å²) in [6.07, 6.45) is 8.21. The molecule has 1 aliphatic rings. The first-order valence-corrected chi connectivity index (χ1v) is 9.73. The third kappa shape index (κ3) is 5.71. The van der Waals surface area contributed by atoms with Gasteiger partial charge in [0.2, 0.25) is 11.2 Å². The molecule has 0 N–H and O–H groups in total. The molecule has 6 nitrogen and oxygen atoms in total. The molecule has 1 unspecified atom stereocenters. The lowest BCUT2D eigenvalue weighted by Gasteiger charge is -2.22. The lowest BCUT2D eigenvalue weighted by molar-refractivity contribution is -0.171. The van der Waals surface area contributed by atoms with Gasteiger partial charge in [0.15, 0.2) is 6.29 Å². The van der Waals surface area contributed by atoms with E-state index in [-0.39, 0.29) is 24.1 Å². The lowest BCUT2D eigenvalue weighted by atomic mass is 10.2. The Bertz CT molecular complexity index is 773. The van der Waals surface area contributed by atoms with Crippen molar-refractivity contribution in [2.24, 2.45) is 0 Å². The molecule has 6 heteroatoms. The summed E-state index contributed by atoms with van der Waals surface area (Å²) >= 11 is 0. The van der Waals surface area contributed by atoms with E-state index in [1.807, 2.05) is 0 Å². The molecule has 1 saturated heterocycles. The van der Waals surface area contributed by atoms with Gasteiger partial charge in [0, 0.05) is 31.1 Å². The SMILES string of the molecule is Cc1ccn(CCCCOc2coc(COC3CCCCO3)cc2=O)c1C. The van der Waals surface area contributed by atoms with Gasteiger partial charge in [0.05, 0.1) is 6.61 Å². The van der Waals surface area contributed by atoms with Crippen LogP contribution in [0, 0.1) is 13.8 Å². The van der Waals surface area contributed by atoms with Crippen molar-refractivity contribution < 1.29 is 18.6 Å². The maximum absolute atomic E-state index is 12.1. The van der Waals surface area contributed by atoms with E-state index in [0.717, 1.165) is 45.3 Å². The predicted molar refractivity (Wildman–Crippen MR) is 102 cm³/mol. The van der Waals surface area contributed by atoms with Crippen LogP contribution in [-0.2, 0) is 22.6 Å². The zero-order valence-electron chi connectivity index (χ0n) is 16.2. The normalized spacial score (nSPS) is 17.2. The van der Waals surface area contributed by atoms with E-state index < -0.39 is 0 Å². The number of aryl methyl sites for hydroxylation is 2. The number of rotatable bonds is 9. The zero-order valence-corrected chi connectivity index (χ0v) is 16.2. The van der Waals surface area contributed by atoms with Gasteiger partial charge < -0.3 is 23.2 Å². The number of ether oxygens (including phenoxy) is 3. The molecule has 27 heavy (non-hydrogen) atoms. The van der Waals surface area contributed by atoms with E-state index in [9.17, 15) is 4.79 Å². The Labute approximate surface area is 160 Å². The molecule has 0 bridgehead atoms. The molecule has 0 saturated carbocycles. The van der Waals surface area contributed by atoms with Crippen LogP contribution in [0.1, 0.15) is 49.1 Å². The van der Waals surface area contributed by atoms with Gasteiger partial charge in [-0.3, -0.25) is 4.79 Å². The first-order valence-electron chi connectivity index (χ1n) is 9.73. The minimum absolute atomic E-state index is 0.179. The summed E-state index contributed by atoms with van der Waals surface area (Å²) in [7, 11) is 0. The number of unbranched alkanes of at least 4 members (excludes halogenated alkanes) is 1. The number of hydrogen-bond donors (Lipinski definition) is 0. The fourth-order valence-electron chi connectivity index (χ4n) is 3.11. The van der Waals surface area contributed by atoms with Gasteiger partial charge in [0.1, 0.15) is 18.6 Å². The maximum atomic E-state index is 12.1. The van der Waals surface area contributed by atoms with Gasteiger partial charge in [-0.15, -0.1) is 0 Å². The van der Waals surface area contributed by atoms with Crippen LogP contribution in [0.5, 0.6) is 5.75 Å². The van der Waals surface area contributed by atoms with Crippen molar-refractivity contribution in [2.45, 2.75) is 65.4 Å². The zero-order chi connectivity index (χ0) is 19.1. The highest BCUT2D eigenvalue weighted by atomic mass is 16.7. The highest BCUT2D eigenvalue weighted by Gasteiger charge is 2.15. The Balaban J connectivity index is 1.38. The summed E-state index contributed by atoms with van der Waals surface area (Å²) in [6, 6.07) is 3.56.